The molecule has 4 aromatic rings. The van der Waals surface area contributed by atoms with E-state index in [1.807, 2.05) is 44.4 Å². The number of aryl methyl sites for hydroxylation is 4. The van der Waals surface area contributed by atoms with Crippen molar-refractivity contribution in [3.8, 4) is 5.69 Å². The molecule has 0 aliphatic rings. The Balaban J connectivity index is 2.22. The highest BCUT2D eigenvalue weighted by atomic mass is 16.2. The van der Waals surface area contributed by atoms with Crippen LogP contribution in [0.1, 0.15) is 29.4 Å². The van der Waals surface area contributed by atoms with Crippen molar-refractivity contribution >= 4 is 22.7 Å². The lowest BCUT2D eigenvalue weighted by Crippen LogP contribution is -2.40. The Kier molecular flexibility index (Phi) is 4.11. The van der Waals surface area contributed by atoms with Gasteiger partial charge < -0.3 is 0 Å². The molecule has 0 spiro atoms. The highest BCUT2D eigenvalue weighted by Crippen LogP contribution is 2.26. The molecule has 0 atom stereocenters. The van der Waals surface area contributed by atoms with E-state index >= 15 is 0 Å². The number of hydrogen-bond donors (Lipinski definition) is 0. The lowest BCUT2D eigenvalue weighted by atomic mass is 10.1. The molecule has 0 saturated heterocycles. The number of rotatable bonds is 3. The van der Waals surface area contributed by atoms with E-state index in [1.165, 1.54) is 11.5 Å². The van der Waals surface area contributed by atoms with Gasteiger partial charge >= 0.3 is 5.69 Å². The summed E-state index contributed by atoms with van der Waals surface area (Å²) in [5.74, 6) is 0.307. The number of imidazole rings is 2. The number of benzene rings is 1. The molecule has 0 fully saturated rings. The SMILES string of the molecule is CC(=O)Cn1c(=O)c2c(nc3n(-c4cc(C)ccc4C)c(C)c(C)n23)n(C)c1=O. The molecule has 8 heteroatoms. The number of carbonyl (C=O) groups excluding carboxylic acids is 1. The summed E-state index contributed by atoms with van der Waals surface area (Å²) in [5, 5.41) is 0. The summed E-state index contributed by atoms with van der Waals surface area (Å²) < 4.78 is 6.10. The van der Waals surface area contributed by atoms with Crippen LogP contribution in [0.25, 0.3) is 22.6 Å². The van der Waals surface area contributed by atoms with Gasteiger partial charge in [-0.2, -0.15) is 4.98 Å². The Morgan fingerprint density at radius 3 is 2.41 bits per heavy atom. The van der Waals surface area contributed by atoms with Gasteiger partial charge in [-0.1, -0.05) is 12.1 Å². The first-order valence-corrected chi connectivity index (χ1v) is 9.40. The molecule has 8 nitrogen and oxygen atoms in total. The van der Waals surface area contributed by atoms with E-state index in [-0.39, 0.29) is 12.3 Å². The summed E-state index contributed by atoms with van der Waals surface area (Å²) in [6, 6.07) is 6.18. The minimum Gasteiger partial charge on any atom is -0.298 e. The molecule has 0 bridgehead atoms. The third-order valence-corrected chi connectivity index (χ3v) is 5.51. The van der Waals surface area contributed by atoms with Gasteiger partial charge in [-0.15, -0.1) is 0 Å². The van der Waals surface area contributed by atoms with Gasteiger partial charge in [0, 0.05) is 18.4 Å². The second-order valence-electron chi connectivity index (χ2n) is 7.65. The third-order valence-electron chi connectivity index (χ3n) is 5.51. The number of nitrogens with zero attached hydrogens (tertiary/aromatic N) is 5. The minimum absolute atomic E-state index is 0.259. The molecular formula is C21H23N5O3. The molecule has 150 valence electrons. The Bertz CT molecular complexity index is 1450. The molecule has 4 rings (SSSR count). The zero-order valence-electron chi connectivity index (χ0n) is 17.4. The molecule has 0 radical (unpaired) electrons. The summed E-state index contributed by atoms with van der Waals surface area (Å²) in [5.41, 5.74) is 4.52. The molecule has 1 aromatic carbocycles. The number of aromatic nitrogens is 5. The Labute approximate surface area is 166 Å². The van der Waals surface area contributed by atoms with Crippen molar-refractivity contribution in [2.45, 2.75) is 41.2 Å². The van der Waals surface area contributed by atoms with Crippen molar-refractivity contribution in [2.24, 2.45) is 7.05 Å². The monoisotopic (exact) mass is 393 g/mol. The molecule has 0 aliphatic carbocycles. The highest BCUT2D eigenvalue weighted by Gasteiger charge is 2.24. The van der Waals surface area contributed by atoms with Gasteiger partial charge in [0.05, 0.1) is 12.2 Å². The van der Waals surface area contributed by atoms with Crippen LogP contribution < -0.4 is 11.2 Å². The summed E-state index contributed by atoms with van der Waals surface area (Å²) >= 11 is 0. The molecule has 29 heavy (non-hydrogen) atoms. The van der Waals surface area contributed by atoms with Crippen molar-refractivity contribution in [3.63, 3.8) is 0 Å². The maximum atomic E-state index is 13.2. The van der Waals surface area contributed by atoms with Crippen molar-refractivity contribution in [2.75, 3.05) is 0 Å². The number of ketones is 1. The standard InChI is InChI=1S/C21H23N5O3/c1-11-7-8-12(2)16(9-11)25-14(4)15(5)26-17-18(22-20(25)26)23(6)21(29)24(19(17)28)10-13(3)27/h7-9H,10H2,1-6H3. The largest absolute Gasteiger partial charge is 0.332 e. The van der Waals surface area contributed by atoms with Crippen LogP contribution in [0, 0.1) is 27.7 Å². The quantitative estimate of drug-likeness (QED) is 0.533. The van der Waals surface area contributed by atoms with Gasteiger partial charge in [-0.3, -0.25) is 27.7 Å². The lowest BCUT2D eigenvalue weighted by Gasteiger charge is -2.11. The van der Waals surface area contributed by atoms with Crippen LogP contribution in [0.15, 0.2) is 27.8 Å². The average Bonchev–Trinajstić information content (AvgIpc) is 3.15. The molecule has 0 amide bonds. The fourth-order valence-corrected chi connectivity index (χ4v) is 3.86. The topological polar surface area (TPSA) is 83.3 Å². The van der Waals surface area contributed by atoms with Gasteiger partial charge in [-0.25, -0.2) is 4.79 Å². The maximum absolute atomic E-state index is 13.2. The summed E-state index contributed by atoms with van der Waals surface area (Å²) in [6.45, 7) is 9.05. The normalized spacial score (nSPS) is 11.7. The fourth-order valence-electron chi connectivity index (χ4n) is 3.86. The molecular weight excluding hydrogens is 370 g/mol. The number of fused-ring (bicyclic) bond motifs is 3. The molecule has 0 N–H and O–H groups in total. The Hall–Kier alpha value is -3.42. The van der Waals surface area contributed by atoms with Crippen LogP contribution >= 0.6 is 0 Å². The number of carbonyl (C=O) groups is 1. The zero-order chi connectivity index (χ0) is 21.2. The van der Waals surface area contributed by atoms with Crippen LogP contribution in [0.3, 0.4) is 0 Å². The molecule has 3 aromatic heterocycles. The minimum atomic E-state index is -0.550. The van der Waals surface area contributed by atoms with Gasteiger partial charge in [-0.05, 0) is 51.8 Å². The summed E-state index contributed by atoms with van der Waals surface area (Å²) in [6.07, 6.45) is 0. The van der Waals surface area contributed by atoms with E-state index in [9.17, 15) is 14.4 Å². The smallest absolute Gasteiger partial charge is 0.298 e. The first kappa shape index (κ1) is 18.9. The number of Topliss-reactive ketones (excluding diaryl/α,β-unsaturated/α-hetero) is 1. The lowest BCUT2D eigenvalue weighted by molar-refractivity contribution is -0.117. The van der Waals surface area contributed by atoms with Gasteiger partial charge in [0.25, 0.3) is 5.56 Å². The highest BCUT2D eigenvalue weighted by molar-refractivity contribution is 5.79. The van der Waals surface area contributed by atoms with E-state index in [0.717, 1.165) is 32.8 Å². The van der Waals surface area contributed by atoms with Crippen molar-refractivity contribution in [1.82, 2.24) is 23.1 Å². The van der Waals surface area contributed by atoms with Crippen LogP contribution in [-0.2, 0) is 18.4 Å². The predicted molar refractivity (Wildman–Crippen MR) is 111 cm³/mol. The molecule has 3 heterocycles. The zero-order valence-corrected chi connectivity index (χ0v) is 17.4. The molecule has 0 aliphatic heterocycles. The third kappa shape index (κ3) is 2.59. The van der Waals surface area contributed by atoms with E-state index in [1.54, 1.807) is 11.4 Å². The number of hydrogen-bond acceptors (Lipinski definition) is 4. The van der Waals surface area contributed by atoms with Crippen molar-refractivity contribution in [1.29, 1.82) is 0 Å². The van der Waals surface area contributed by atoms with Crippen molar-refractivity contribution in [3.05, 3.63) is 61.6 Å². The Morgan fingerprint density at radius 2 is 1.76 bits per heavy atom. The second-order valence-corrected chi connectivity index (χ2v) is 7.65. The summed E-state index contributed by atoms with van der Waals surface area (Å²) in [4.78, 5) is 42.1. The van der Waals surface area contributed by atoms with Crippen LogP contribution in [0.5, 0.6) is 0 Å². The predicted octanol–water partition coefficient (Wildman–Crippen LogP) is 1.96. The van der Waals surface area contributed by atoms with Crippen LogP contribution in [0.4, 0.5) is 0 Å². The fraction of sp³-hybridized carbons (Fsp3) is 0.333. The van der Waals surface area contributed by atoms with Gasteiger partial charge in [0.2, 0.25) is 5.78 Å². The first-order valence-electron chi connectivity index (χ1n) is 9.40. The maximum Gasteiger partial charge on any atom is 0.332 e. The van der Waals surface area contributed by atoms with E-state index in [4.69, 9.17) is 0 Å². The Morgan fingerprint density at radius 1 is 1.07 bits per heavy atom. The van der Waals surface area contributed by atoms with Crippen molar-refractivity contribution < 1.29 is 4.79 Å². The first-order chi connectivity index (χ1) is 13.6. The van der Waals surface area contributed by atoms with Crippen LogP contribution in [-0.4, -0.2) is 28.9 Å². The van der Waals surface area contributed by atoms with Gasteiger partial charge in [0.1, 0.15) is 5.78 Å². The molecule has 0 saturated carbocycles. The summed E-state index contributed by atoms with van der Waals surface area (Å²) in [7, 11) is 1.57. The van der Waals surface area contributed by atoms with Gasteiger partial charge in [0.15, 0.2) is 11.2 Å². The van der Waals surface area contributed by atoms with E-state index in [2.05, 4.69) is 11.1 Å². The van der Waals surface area contributed by atoms with E-state index in [0.29, 0.717) is 16.9 Å². The van der Waals surface area contributed by atoms with E-state index < -0.39 is 11.2 Å². The second kappa shape index (κ2) is 6.30. The average molecular weight is 393 g/mol. The molecule has 0 unspecified atom stereocenters. The van der Waals surface area contributed by atoms with Crippen LogP contribution in [0.2, 0.25) is 0 Å².